The number of carbonyl (C=O) groups is 1. The maximum absolute atomic E-state index is 12.7. The van der Waals surface area contributed by atoms with E-state index in [0.717, 1.165) is 29.3 Å². The Balaban J connectivity index is 1.59. The Hall–Kier alpha value is -2.73. The zero-order chi connectivity index (χ0) is 17.4. The highest BCUT2D eigenvalue weighted by atomic mass is 32.1. The second-order valence-electron chi connectivity index (χ2n) is 6.21. The quantitative estimate of drug-likeness (QED) is 0.552. The SMILES string of the molecule is O=C(N[C@@H]1CCCc2ccccc21)c1cc2cc([N+](=O)[O-])ccc2s1. The fourth-order valence-corrected chi connectivity index (χ4v) is 4.34. The molecule has 4 rings (SSSR count). The molecule has 1 heterocycles. The molecular weight excluding hydrogens is 336 g/mol. The number of nitro benzene ring substituents is 1. The van der Waals surface area contributed by atoms with Crippen molar-refractivity contribution in [2.24, 2.45) is 0 Å². The Morgan fingerprint density at radius 2 is 2.04 bits per heavy atom. The summed E-state index contributed by atoms with van der Waals surface area (Å²) in [7, 11) is 0. The van der Waals surface area contributed by atoms with Crippen molar-refractivity contribution in [1.29, 1.82) is 0 Å². The van der Waals surface area contributed by atoms with Crippen molar-refractivity contribution in [1.82, 2.24) is 5.32 Å². The molecule has 0 saturated heterocycles. The summed E-state index contributed by atoms with van der Waals surface area (Å²) in [5.41, 5.74) is 2.53. The number of hydrogen-bond acceptors (Lipinski definition) is 4. The van der Waals surface area contributed by atoms with Gasteiger partial charge in [-0.05, 0) is 42.5 Å². The molecule has 1 aromatic heterocycles. The Kier molecular flexibility index (Phi) is 3.97. The van der Waals surface area contributed by atoms with Crippen LogP contribution in [0, 0.1) is 10.1 Å². The van der Waals surface area contributed by atoms with Crippen LogP contribution in [-0.4, -0.2) is 10.8 Å². The van der Waals surface area contributed by atoms with E-state index in [4.69, 9.17) is 0 Å². The number of benzene rings is 2. The summed E-state index contributed by atoms with van der Waals surface area (Å²) in [5, 5.41) is 14.8. The Bertz CT molecular complexity index is 980. The number of thiophene rings is 1. The molecule has 1 atom stereocenters. The van der Waals surface area contributed by atoms with Crippen LogP contribution in [-0.2, 0) is 6.42 Å². The number of non-ortho nitro benzene ring substituents is 1. The molecule has 1 aliphatic carbocycles. The summed E-state index contributed by atoms with van der Waals surface area (Å²) < 4.78 is 0.875. The minimum absolute atomic E-state index is 0.0250. The lowest BCUT2D eigenvalue weighted by Gasteiger charge is -2.26. The van der Waals surface area contributed by atoms with Gasteiger partial charge in [0.05, 0.1) is 15.8 Å². The van der Waals surface area contributed by atoms with Gasteiger partial charge in [0.25, 0.3) is 11.6 Å². The van der Waals surface area contributed by atoms with Gasteiger partial charge in [-0.15, -0.1) is 11.3 Å². The third-order valence-corrected chi connectivity index (χ3v) is 5.72. The zero-order valence-electron chi connectivity index (χ0n) is 13.4. The van der Waals surface area contributed by atoms with E-state index in [-0.39, 0.29) is 17.6 Å². The number of amides is 1. The van der Waals surface area contributed by atoms with Gasteiger partial charge < -0.3 is 5.32 Å². The topological polar surface area (TPSA) is 72.2 Å². The smallest absolute Gasteiger partial charge is 0.270 e. The largest absolute Gasteiger partial charge is 0.345 e. The number of rotatable bonds is 3. The van der Waals surface area contributed by atoms with Crippen LogP contribution >= 0.6 is 11.3 Å². The molecule has 1 amide bonds. The first-order valence-electron chi connectivity index (χ1n) is 8.18. The van der Waals surface area contributed by atoms with Gasteiger partial charge in [0.1, 0.15) is 0 Å². The van der Waals surface area contributed by atoms with E-state index in [1.54, 1.807) is 12.1 Å². The first kappa shape index (κ1) is 15.8. The summed E-state index contributed by atoms with van der Waals surface area (Å²) in [4.78, 5) is 23.7. The van der Waals surface area contributed by atoms with Crippen LogP contribution in [0.25, 0.3) is 10.1 Å². The first-order valence-corrected chi connectivity index (χ1v) is 9.00. The third-order valence-electron chi connectivity index (χ3n) is 4.61. The van der Waals surface area contributed by atoms with Gasteiger partial charge in [-0.2, -0.15) is 0 Å². The lowest BCUT2D eigenvalue weighted by atomic mass is 9.88. The highest BCUT2D eigenvalue weighted by molar-refractivity contribution is 7.20. The van der Waals surface area contributed by atoms with Gasteiger partial charge in [0.2, 0.25) is 0 Å². The van der Waals surface area contributed by atoms with Crippen molar-refractivity contribution in [3.63, 3.8) is 0 Å². The Morgan fingerprint density at radius 1 is 1.20 bits per heavy atom. The summed E-state index contributed by atoms with van der Waals surface area (Å²) in [5.74, 6) is -0.120. The van der Waals surface area contributed by atoms with Gasteiger partial charge >= 0.3 is 0 Å². The predicted octanol–water partition coefficient (Wildman–Crippen LogP) is 4.62. The average molecular weight is 352 g/mol. The number of nitrogens with zero attached hydrogens (tertiary/aromatic N) is 1. The van der Waals surface area contributed by atoms with E-state index in [1.807, 2.05) is 12.1 Å². The molecule has 0 aliphatic heterocycles. The Morgan fingerprint density at radius 3 is 2.88 bits per heavy atom. The van der Waals surface area contributed by atoms with Crippen LogP contribution in [0.4, 0.5) is 5.69 Å². The van der Waals surface area contributed by atoms with Crippen molar-refractivity contribution < 1.29 is 9.72 Å². The molecule has 0 spiro atoms. The number of hydrogen-bond donors (Lipinski definition) is 1. The lowest BCUT2D eigenvalue weighted by molar-refractivity contribution is -0.384. The van der Waals surface area contributed by atoms with Crippen LogP contribution in [0.3, 0.4) is 0 Å². The van der Waals surface area contributed by atoms with E-state index in [9.17, 15) is 14.9 Å². The highest BCUT2D eigenvalue weighted by Crippen LogP contribution is 2.32. The minimum atomic E-state index is -0.421. The summed E-state index contributed by atoms with van der Waals surface area (Å²) in [6.45, 7) is 0. The van der Waals surface area contributed by atoms with Crippen LogP contribution in [0.1, 0.15) is 39.7 Å². The number of nitro groups is 1. The normalized spacial score (nSPS) is 16.4. The minimum Gasteiger partial charge on any atom is -0.345 e. The first-order chi connectivity index (χ1) is 12.1. The monoisotopic (exact) mass is 352 g/mol. The molecule has 1 aliphatic rings. The van der Waals surface area contributed by atoms with Gasteiger partial charge in [-0.1, -0.05) is 24.3 Å². The molecule has 0 fully saturated rings. The van der Waals surface area contributed by atoms with Gasteiger partial charge in [-0.3, -0.25) is 14.9 Å². The van der Waals surface area contributed by atoms with E-state index in [0.29, 0.717) is 4.88 Å². The number of fused-ring (bicyclic) bond motifs is 2. The molecule has 0 bridgehead atoms. The van der Waals surface area contributed by atoms with E-state index in [1.165, 1.54) is 34.6 Å². The summed E-state index contributed by atoms with van der Waals surface area (Å²) in [6, 6.07) is 14.7. The third kappa shape index (κ3) is 3.00. The predicted molar refractivity (Wildman–Crippen MR) is 98.1 cm³/mol. The molecule has 2 aromatic carbocycles. The maximum atomic E-state index is 12.7. The van der Waals surface area contributed by atoms with Crippen LogP contribution in [0.15, 0.2) is 48.5 Å². The van der Waals surface area contributed by atoms with Crippen molar-refractivity contribution in [2.75, 3.05) is 0 Å². The zero-order valence-corrected chi connectivity index (χ0v) is 14.2. The van der Waals surface area contributed by atoms with Crippen molar-refractivity contribution in [3.05, 3.63) is 74.6 Å². The second kappa shape index (κ2) is 6.29. The van der Waals surface area contributed by atoms with Crippen LogP contribution < -0.4 is 5.32 Å². The van der Waals surface area contributed by atoms with Gasteiger partial charge in [0.15, 0.2) is 0 Å². The van der Waals surface area contributed by atoms with Gasteiger partial charge in [-0.25, -0.2) is 0 Å². The number of carbonyl (C=O) groups excluding carboxylic acids is 1. The molecule has 0 radical (unpaired) electrons. The van der Waals surface area contributed by atoms with Crippen molar-refractivity contribution in [2.45, 2.75) is 25.3 Å². The van der Waals surface area contributed by atoms with Crippen LogP contribution in [0.5, 0.6) is 0 Å². The van der Waals surface area contributed by atoms with Crippen molar-refractivity contribution >= 4 is 33.0 Å². The van der Waals surface area contributed by atoms with E-state index >= 15 is 0 Å². The number of nitrogens with one attached hydrogen (secondary N) is 1. The molecular formula is C19H16N2O3S. The van der Waals surface area contributed by atoms with Crippen molar-refractivity contribution in [3.8, 4) is 0 Å². The molecule has 6 heteroatoms. The lowest BCUT2D eigenvalue weighted by Crippen LogP contribution is -2.30. The van der Waals surface area contributed by atoms with Gasteiger partial charge in [0, 0.05) is 22.2 Å². The van der Waals surface area contributed by atoms with E-state index < -0.39 is 4.92 Å². The van der Waals surface area contributed by atoms with E-state index in [2.05, 4.69) is 17.4 Å². The second-order valence-corrected chi connectivity index (χ2v) is 7.29. The fourth-order valence-electron chi connectivity index (χ4n) is 3.39. The summed E-state index contributed by atoms with van der Waals surface area (Å²) >= 11 is 1.36. The summed E-state index contributed by atoms with van der Waals surface area (Å²) in [6.07, 6.45) is 3.04. The molecule has 3 aromatic rings. The molecule has 0 unspecified atom stereocenters. The Labute approximate surface area is 148 Å². The molecule has 5 nitrogen and oxygen atoms in total. The number of aryl methyl sites for hydroxylation is 1. The maximum Gasteiger partial charge on any atom is 0.270 e. The average Bonchev–Trinajstić information content (AvgIpc) is 3.05. The highest BCUT2D eigenvalue weighted by Gasteiger charge is 2.22. The molecule has 0 saturated carbocycles. The molecule has 1 N–H and O–H groups in total. The molecule has 126 valence electrons. The van der Waals surface area contributed by atoms with Crippen LogP contribution in [0.2, 0.25) is 0 Å². The molecule has 25 heavy (non-hydrogen) atoms. The standard InChI is InChI=1S/C19H16N2O3S/c22-19(20-16-7-3-5-12-4-1-2-6-15(12)16)18-11-13-10-14(21(23)24)8-9-17(13)25-18/h1-2,4,6,8-11,16H,3,5,7H2,(H,20,22)/t16-/m1/s1. The fraction of sp³-hybridized carbons (Fsp3) is 0.211.